The van der Waals surface area contributed by atoms with Gasteiger partial charge < -0.3 is 16.2 Å². The fourth-order valence-corrected chi connectivity index (χ4v) is 1.99. The number of nitrogens with zero attached hydrogens (tertiary/aromatic N) is 1. The molecule has 0 bridgehead atoms. The smallest absolute Gasteiger partial charge is 0.325 e. The highest BCUT2D eigenvalue weighted by Crippen LogP contribution is 2.26. The average molecular weight is 273 g/mol. The van der Waals surface area contributed by atoms with Gasteiger partial charge in [-0.1, -0.05) is 6.07 Å². The Hall–Kier alpha value is -2.63. The molecule has 0 aliphatic rings. The number of hydrogen-bond acceptors (Lipinski definition) is 4. The number of anilines is 1. The van der Waals surface area contributed by atoms with Crippen LogP contribution in [0.25, 0.3) is 10.8 Å². The summed E-state index contributed by atoms with van der Waals surface area (Å²) in [5, 5.41) is 12.6. The molecule has 2 aromatic rings. The summed E-state index contributed by atoms with van der Waals surface area (Å²) < 4.78 is 0. The Balaban J connectivity index is 2.52. The van der Waals surface area contributed by atoms with Crippen molar-refractivity contribution in [3.05, 3.63) is 35.7 Å². The van der Waals surface area contributed by atoms with E-state index in [1.165, 1.54) is 13.1 Å². The van der Waals surface area contributed by atoms with Crippen molar-refractivity contribution in [1.29, 1.82) is 0 Å². The Bertz CT molecular complexity index is 697. The molecule has 1 aromatic carbocycles. The number of nitrogens with two attached hydrogens (primary N) is 1. The van der Waals surface area contributed by atoms with Gasteiger partial charge in [-0.2, -0.15) is 0 Å². The Morgan fingerprint density at radius 1 is 1.35 bits per heavy atom. The summed E-state index contributed by atoms with van der Waals surface area (Å²) in [5.74, 6) is -1.63. The number of aromatic nitrogens is 1. The van der Waals surface area contributed by atoms with Gasteiger partial charge in [0.05, 0.1) is 0 Å². The number of aryl methyl sites for hydroxylation is 1. The van der Waals surface area contributed by atoms with E-state index in [1.807, 2.05) is 6.92 Å². The number of nitrogen functional groups attached to an aromatic ring is 1. The molecule has 1 heterocycles. The zero-order valence-electron chi connectivity index (χ0n) is 11.2. The molecule has 1 amide bonds. The van der Waals surface area contributed by atoms with Gasteiger partial charge in [0.1, 0.15) is 11.7 Å². The van der Waals surface area contributed by atoms with E-state index in [0.717, 1.165) is 10.9 Å². The number of carboxylic acids is 1. The molecule has 20 heavy (non-hydrogen) atoms. The molecule has 4 N–H and O–H groups in total. The van der Waals surface area contributed by atoms with Crippen LogP contribution < -0.4 is 11.1 Å². The number of fused-ring (bicyclic) bond motifs is 1. The molecule has 1 aromatic heterocycles. The number of carboxylic acid groups (broad SMARTS) is 1. The van der Waals surface area contributed by atoms with Crippen LogP contribution in [-0.4, -0.2) is 28.0 Å². The Labute approximate surface area is 115 Å². The van der Waals surface area contributed by atoms with Crippen LogP contribution in [0.4, 0.5) is 5.69 Å². The lowest BCUT2D eigenvalue weighted by Crippen LogP contribution is -2.38. The summed E-state index contributed by atoms with van der Waals surface area (Å²) in [5.41, 5.74) is 7.48. The minimum Gasteiger partial charge on any atom is -0.480 e. The quantitative estimate of drug-likeness (QED) is 0.731. The summed E-state index contributed by atoms with van der Waals surface area (Å²) >= 11 is 0. The highest BCUT2D eigenvalue weighted by atomic mass is 16.4. The van der Waals surface area contributed by atoms with Crippen LogP contribution in [0.1, 0.15) is 23.0 Å². The molecule has 1 atom stereocenters. The summed E-state index contributed by atoms with van der Waals surface area (Å²) in [6, 6.07) is 4.31. The van der Waals surface area contributed by atoms with Gasteiger partial charge in [0.15, 0.2) is 0 Å². The van der Waals surface area contributed by atoms with E-state index >= 15 is 0 Å². The largest absolute Gasteiger partial charge is 0.480 e. The van der Waals surface area contributed by atoms with Crippen molar-refractivity contribution < 1.29 is 14.7 Å². The molecule has 0 fully saturated rings. The Morgan fingerprint density at radius 2 is 2.05 bits per heavy atom. The maximum atomic E-state index is 12.2. The maximum absolute atomic E-state index is 12.2. The minimum absolute atomic E-state index is 0.181. The van der Waals surface area contributed by atoms with Crippen LogP contribution in [0.3, 0.4) is 0 Å². The fraction of sp³-hybridized carbons (Fsp3) is 0.214. The molecule has 1 unspecified atom stereocenters. The molecule has 0 saturated carbocycles. The van der Waals surface area contributed by atoms with E-state index in [9.17, 15) is 9.59 Å². The van der Waals surface area contributed by atoms with Crippen LogP contribution in [0.15, 0.2) is 24.4 Å². The number of benzene rings is 1. The van der Waals surface area contributed by atoms with Crippen molar-refractivity contribution in [3.63, 3.8) is 0 Å². The van der Waals surface area contributed by atoms with E-state index in [2.05, 4.69) is 10.3 Å². The SMILES string of the molecule is Cc1ccc(N)c2ccnc(C(=O)NC(C)C(=O)O)c12. The molecule has 2 rings (SSSR count). The average Bonchev–Trinajstić information content (AvgIpc) is 2.42. The molecule has 0 saturated heterocycles. The monoisotopic (exact) mass is 273 g/mol. The topological polar surface area (TPSA) is 105 Å². The molecular weight excluding hydrogens is 258 g/mol. The van der Waals surface area contributed by atoms with E-state index in [4.69, 9.17) is 10.8 Å². The van der Waals surface area contributed by atoms with Crippen LogP contribution in [0.5, 0.6) is 0 Å². The number of carbonyl (C=O) groups is 2. The number of hydrogen-bond donors (Lipinski definition) is 3. The van der Waals surface area contributed by atoms with Crippen LogP contribution in [0, 0.1) is 6.92 Å². The van der Waals surface area contributed by atoms with E-state index in [0.29, 0.717) is 11.1 Å². The van der Waals surface area contributed by atoms with Crippen molar-refractivity contribution in [2.45, 2.75) is 19.9 Å². The number of pyridine rings is 1. The first kappa shape index (κ1) is 13.8. The molecule has 0 aliphatic carbocycles. The number of carbonyl (C=O) groups excluding carboxylic acids is 1. The van der Waals surface area contributed by atoms with Gasteiger partial charge in [0.2, 0.25) is 0 Å². The number of rotatable bonds is 3. The number of nitrogens with one attached hydrogen (secondary N) is 1. The van der Waals surface area contributed by atoms with Gasteiger partial charge in [-0.3, -0.25) is 14.6 Å². The summed E-state index contributed by atoms with van der Waals surface area (Å²) in [7, 11) is 0. The van der Waals surface area contributed by atoms with Crippen LogP contribution in [0.2, 0.25) is 0 Å². The van der Waals surface area contributed by atoms with E-state index in [-0.39, 0.29) is 5.69 Å². The number of amides is 1. The zero-order chi connectivity index (χ0) is 14.9. The lowest BCUT2D eigenvalue weighted by molar-refractivity contribution is -0.138. The molecular formula is C14H15N3O3. The second-order valence-corrected chi connectivity index (χ2v) is 4.59. The molecule has 0 aliphatic heterocycles. The standard InChI is InChI=1S/C14H15N3O3/c1-7-3-4-10(15)9-5-6-16-12(11(7)9)13(18)17-8(2)14(19)20/h3-6,8H,15H2,1-2H3,(H,17,18)(H,19,20). The molecule has 6 heteroatoms. The Morgan fingerprint density at radius 3 is 2.70 bits per heavy atom. The second kappa shape index (κ2) is 5.16. The minimum atomic E-state index is -1.10. The lowest BCUT2D eigenvalue weighted by Gasteiger charge is -2.12. The van der Waals surface area contributed by atoms with Crippen molar-refractivity contribution in [2.75, 3.05) is 5.73 Å². The fourth-order valence-electron chi connectivity index (χ4n) is 1.99. The van der Waals surface area contributed by atoms with Gasteiger partial charge in [0.25, 0.3) is 5.91 Å². The first-order valence-corrected chi connectivity index (χ1v) is 6.09. The van der Waals surface area contributed by atoms with E-state index < -0.39 is 17.9 Å². The third-order valence-electron chi connectivity index (χ3n) is 3.10. The maximum Gasteiger partial charge on any atom is 0.325 e. The normalized spacial score (nSPS) is 12.1. The van der Waals surface area contributed by atoms with Crippen LogP contribution in [-0.2, 0) is 4.79 Å². The van der Waals surface area contributed by atoms with Crippen LogP contribution >= 0.6 is 0 Å². The van der Waals surface area contributed by atoms with Gasteiger partial charge in [-0.15, -0.1) is 0 Å². The Kier molecular flexibility index (Phi) is 3.56. The first-order valence-electron chi connectivity index (χ1n) is 6.09. The zero-order valence-corrected chi connectivity index (χ0v) is 11.2. The molecule has 0 spiro atoms. The van der Waals surface area contributed by atoms with E-state index in [1.54, 1.807) is 18.2 Å². The van der Waals surface area contributed by atoms with Crippen molar-refractivity contribution in [1.82, 2.24) is 10.3 Å². The van der Waals surface area contributed by atoms with Crippen molar-refractivity contribution in [3.8, 4) is 0 Å². The van der Waals surface area contributed by atoms with Crippen molar-refractivity contribution >= 4 is 28.3 Å². The third kappa shape index (κ3) is 2.40. The van der Waals surface area contributed by atoms with Crippen molar-refractivity contribution in [2.24, 2.45) is 0 Å². The first-order chi connectivity index (χ1) is 9.41. The predicted octanol–water partition coefficient (Wildman–Crippen LogP) is 1.33. The molecule has 104 valence electrons. The summed E-state index contributed by atoms with van der Waals surface area (Å²) in [4.78, 5) is 27.0. The van der Waals surface area contributed by atoms with Gasteiger partial charge in [-0.25, -0.2) is 0 Å². The lowest BCUT2D eigenvalue weighted by atomic mass is 10.0. The highest BCUT2D eigenvalue weighted by molar-refractivity contribution is 6.09. The highest BCUT2D eigenvalue weighted by Gasteiger charge is 2.19. The second-order valence-electron chi connectivity index (χ2n) is 4.59. The van der Waals surface area contributed by atoms with Gasteiger partial charge in [0, 0.05) is 22.7 Å². The third-order valence-corrected chi connectivity index (χ3v) is 3.10. The predicted molar refractivity (Wildman–Crippen MR) is 75.5 cm³/mol. The van der Waals surface area contributed by atoms with Gasteiger partial charge in [-0.05, 0) is 31.5 Å². The molecule has 0 radical (unpaired) electrons. The van der Waals surface area contributed by atoms with Gasteiger partial charge >= 0.3 is 5.97 Å². The molecule has 6 nitrogen and oxygen atoms in total. The number of aliphatic carboxylic acids is 1. The summed E-state index contributed by atoms with van der Waals surface area (Å²) in [6.07, 6.45) is 1.48. The summed E-state index contributed by atoms with van der Waals surface area (Å²) in [6.45, 7) is 3.24.